The minimum Gasteiger partial charge on any atom is -0.497 e. The molecule has 460 valence electrons. The number of nitrogens with zero attached hydrogens (tertiary/aromatic N) is 8. The van der Waals surface area contributed by atoms with Gasteiger partial charge < -0.3 is 35.3 Å². The van der Waals surface area contributed by atoms with Crippen molar-refractivity contribution in [1.82, 2.24) is 29.9 Å². The number of nitro groups is 2. The van der Waals surface area contributed by atoms with E-state index >= 15 is 0 Å². The normalized spacial score (nSPS) is 11.2. The molecule has 0 saturated carbocycles. The van der Waals surface area contributed by atoms with Crippen LogP contribution in [0.5, 0.6) is 23.0 Å². The Bertz CT molecular complexity index is 4860. The molecule has 11 rings (SSSR count). The van der Waals surface area contributed by atoms with Gasteiger partial charge in [0.15, 0.2) is 34.2 Å². The number of aromatic nitrogens is 6. The molecule has 3 heterocycles. The van der Waals surface area contributed by atoms with Gasteiger partial charge in [0.25, 0.3) is 41.4 Å². The topological polar surface area (TPSA) is 389 Å². The number of rotatable bonds is 19. The molecule has 0 atom stereocenters. The second-order valence-electron chi connectivity index (χ2n) is 18.5. The first-order valence-corrected chi connectivity index (χ1v) is 30.8. The number of nitrogens with one attached hydrogen (secondary N) is 5. The first-order chi connectivity index (χ1) is 43.0. The number of para-hydroxylation sites is 6. The standard InChI is InChI=1S/C22H19N5O6S.C22H21N5O4S.C14H9ClN4O4S/c1-32-16-10-14(11-17(13-16)33-2)23-21-22(25-20-9-4-3-8-19(20)24-21)26-34(30,31)18-7-5-6-15(12-18)27(28)29;1-30-16-11-15(12-17(13-16)31-2)24-21-22(26-20-9-4-3-8-19(20)25-21)27-32(28,29)18-7-5-6-14(23)10-18;15-13-14(17-12-7-2-1-6-11(12)16-13)18-24(22,23)10-5-3-4-9(8-10)19(20)21/h3-13H,1-2H3,(H,23,24)(H,25,26);3-13H,23H2,1-2H3,(H,24,25)(H,26,27);1-8H,(H,17,18). The lowest BCUT2D eigenvalue weighted by Gasteiger charge is -2.15. The Kier molecular flexibility index (Phi) is 19.1. The summed E-state index contributed by atoms with van der Waals surface area (Å²) in [6.07, 6.45) is 0. The van der Waals surface area contributed by atoms with Crippen molar-refractivity contribution in [2.24, 2.45) is 0 Å². The van der Waals surface area contributed by atoms with Crippen LogP contribution in [0.4, 0.5) is 57.5 Å². The summed E-state index contributed by atoms with van der Waals surface area (Å²) in [5.74, 6) is 2.25. The predicted octanol–water partition coefficient (Wildman–Crippen LogP) is 10.9. The first kappa shape index (κ1) is 63.2. The lowest BCUT2D eigenvalue weighted by molar-refractivity contribution is -0.385. The Morgan fingerprint density at radius 2 is 0.689 bits per heavy atom. The highest BCUT2D eigenvalue weighted by molar-refractivity contribution is 7.93. The van der Waals surface area contributed by atoms with Crippen LogP contribution in [0.3, 0.4) is 0 Å². The van der Waals surface area contributed by atoms with E-state index in [2.05, 4.69) is 54.7 Å². The van der Waals surface area contributed by atoms with Crippen LogP contribution in [0.25, 0.3) is 33.1 Å². The largest absolute Gasteiger partial charge is 0.497 e. The number of halogens is 1. The average Bonchev–Trinajstić information content (AvgIpc) is 0.983. The summed E-state index contributed by atoms with van der Waals surface area (Å²) in [5.41, 5.74) is 9.56. The zero-order valence-electron chi connectivity index (χ0n) is 47.3. The van der Waals surface area contributed by atoms with Crippen molar-refractivity contribution in [2.45, 2.75) is 14.7 Å². The SMILES string of the molecule is COc1cc(Nc2nc3ccccc3nc2NS(=O)(=O)c2cccc(N)c2)cc(OC)c1.COc1cc(Nc2nc3ccccc3nc2NS(=O)(=O)c2cccc([N+](=O)[O-])c2)cc(OC)c1.O=[N+]([O-])c1cccc(S(=O)(=O)Nc2nc3ccccc3nc2Cl)c1. The minimum atomic E-state index is -4.22. The molecule has 32 heteroatoms. The number of nitrogen functional groups attached to an aromatic ring is 1. The van der Waals surface area contributed by atoms with Crippen LogP contribution >= 0.6 is 11.6 Å². The van der Waals surface area contributed by atoms with Gasteiger partial charge in [-0.15, -0.1) is 0 Å². The van der Waals surface area contributed by atoms with E-state index in [-0.39, 0.29) is 60.3 Å². The van der Waals surface area contributed by atoms with Gasteiger partial charge in [-0.3, -0.25) is 34.4 Å². The van der Waals surface area contributed by atoms with Crippen molar-refractivity contribution in [1.29, 1.82) is 0 Å². The van der Waals surface area contributed by atoms with Crippen LogP contribution in [0.15, 0.2) is 197 Å². The maximum Gasteiger partial charge on any atom is 0.270 e. The Balaban J connectivity index is 0.000000162. The van der Waals surface area contributed by atoms with Gasteiger partial charge in [0.2, 0.25) is 0 Å². The molecule has 0 fully saturated rings. The number of sulfonamides is 3. The summed E-state index contributed by atoms with van der Waals surface area (Å²) in [7, 11) is -6.20. The molecule has 0 radical (unpaired) electrons. The van der Waals surface area contributed by atoms with E-state index in [0.717, 1.165) is 12.1 Å². The number of benzene rings is 8. The number of ether oxygens (including phenoxy) is 4. The van der Waals surface area contributed by atoms with E-state index in [1.165, 1.54) is 62.8 Å². The maximum absolute atomic E-state index is 13.0. The molecule has 8 aromatic carbocycles. The van der Waals surface area contributed by atoms with Crippen LogP contribution < -0.4 is 49.5 Å². The van der Waals surface area contributed by atoms with Crippen LogP contribution in [0.1, 0.15) is 0 Å². The van der Waals surface area contributed by atoms with Gasteiger partial charge in [-0.2, -0.15) is 0 Å². The Hall–Kier alpha value is -11.3. The molecule has 11 aromatic rings. The monoisotopic (exact) mass is 1300 g/mol. The third kappa shape index (κ3) is 15.5. The maximum atomic E-state index is 13.0. The third-order valence-corrected chi connectivity index (χ3v) is 16.7. The molecule has 7 N–H and O–H groups in total. The summed E-state index contributed by atoms with van der Waals surface area (Å²) in [4.78, 5) is 46.1. The van der Waals surface area contributed by atoms with Gasteiger partial charge in [0.05, 0.1) is 86.1 Å². The van der Waals surface area contributed by atoms with Gasteiger partial charge in [0, 0.05) is 77.7 Å². The summed E-state index contributed by atoms with van der Waals surface area (Å²) in [6.45, 7) is 0. The smallest absolute Gasteiger partial charge is 0.270 e. The second-order valence-corrected chi connectivity index (χ2v) is 23.9. The molecule has 0 aliphatic rings. The molecule has 28 nitrogen and oxygen atoms in total. The first-order valence-electron chi connectivity index (χ1n) is 25.9. The number of fused-ring (bicyclic) bond motifs is 3. The van der Waals surface area contributed by atoms with Gasteiger partial charge in [-0.05, 0) is 66.7 Å². The fraction of sp³-hybridized carbons (Fsp3) is 0.0690. The van der Waals surface area contributed by atoms with E-state index in [0.29, 0.717) is 73.2 Å². The van der Waals surface area contributed by atoms with Gasteiger partial charge in [-0.1, -0.05) is 66.2 Å². The van der Waals surface area contributed by atoms with E-state index in [1.807, 2.05) is 6.07 Å². The van der Waals surface area contributed by atoms with Gasteiger partial charge >= 0.3 is 0 Å². The average molecular weight is 1300 g/mol. The second kappa shape index (κ2) is 27.2. The fourth-order valence-electron chi connectivity index (χ4n) is 8.16. The van der Waals surface area contributed by atoms with Crippen molar-refractivity contribution in [2.75, 3.05) is 59.0 Å². The van der Waals surface area contributed by atoms with Crippen LogP contribution in [-0.4, -0.2) is 93.4 Å². The molecule has 0 bridgehead atoms. The molecule has 0 spiro atoms. The van der Waals surface area contributed by atoms with Gasteiger partial charge in [-0.25, -0.2) is 55.2 Å². The third-order valence-electron chi connectivity index (χ3n) is 12.4. The number of hydrogen-bond donors (Lipinski definition) is 6. The molecule has 0 aliphatic heterocycles. The quantitative estimate of drug-likeness (QED) is 0.0249. The molecule has 0 saturated heterocycles. The zero-order chi connectivity index (χ0) is 64.3. The number of nitrogens with two attached hydrogens (primary N) is 1. The summed E-state index contributed by atoms with van der Waals surface area (Å²) < 4.78 is 105. The van der Waals surface area contributed by atoms with Crippen LogP contribution in [-0.2, 0) is 30.1 Å². The van der Waals surface area contributed by atoms with Crippen molar-refractivity contribution in [3.63, 3.8) is 0 Å². The van der Waals surface area contributed by atoms with E-state index in [9.17, 15) is 45.5 Å². The summed E-state index contributed by atoms with van der Waals surface area (Å²) in [6, 6.07) is 46.5. The van der Waals surface area contributed by atoms with Crippen molar-refractivity contribution in [3.05, 3.63) is 207 Å². The fourth-order valence-corrected chi connectivity index (χ4v) is 11.6. The number of non-ortho nitro benzene ring substituents is 2. The Labute approximate surface area is 517 Å². The lowest BCUT2D eigenvalue weighted by atomic mass is 10.2. The van der Waals surface area contributed by atoms with Crippen LogP contribution in [0, 0.1) is 20.2 Å². The molecular formula is C58H49ClN14O14S3. The molecule has 0 aliphatic carbocycles. The van der Waals surface area contributed by atoms with E-state index in [1.54, 1.807) is 129 Å². The molecule has 0 amide bonds. The highest BCUT2D eigenvalue weighted by atomic mass is 35.5. The molecule has 90 heavy (non-hydrogen) atoms. The zero-order valence-corrected chi connectivity index (χ0v) is 50.5. The van der Waals surface area contributed by atoms with Crippen molar-refractivity contribution < 1.29 is 54.0 Å². The number of nitro benzene ring substituents is 2. The Morgan fingerprint density at radius 3 is 1.02 bits per heavy atom. The van der Waals surface area contributed by atoms with E-state index in [4.69, 9.17) is 36.3 Å². The summed E-state index contributed by atoms with van der Waals surface area (Å²) in [5, 5.41) is 27.9. The number of methoxy groups -OCH3 is 4. The van der Waals surface area contributed by atoms with Gasteiger partial charge in [0.1, 0.15) is 23.0 Å². The number of anilines is 8. The highest BCUT2D eigenvalue weighted by Gasteiger charge is 2.24. The number of hydrogen-bond acceptors (Lipinski definition) is 23. The van der Waals surface area contributed by atoms with Crippen LogP contribution in [0.2, 0.25) is 5.15 Å². The molecular weight excluding hydrogens is 1250 g/mol. The molecule has 0 unspecified atom stereocenters. The Morgan fingerprint density at radius 1 is 0.389 bits per heavy atom. The summed E-state index contributed by atoms with van der Waals surface area (Å²) >= 11 is 5.97. The highest BCUT2D eigenvalue weighted by Crippen LogP contribution is 2.35. The molecule has 3 aromatic heterocycles. The van der Waals surface area contributed by atoms with E-state index < -0.39 is 39.9 Å². The predicted molar refractivity (Wildman–Crippen MR) is 339 cm³/mol. The minimum absolute atomic E-state index is 0.0152. The van der Waals surface area contributed by atoms with Crippen molar-refractivity contribution in [3.8, 4) is 23.0 Å². The van der Waals surface area contributed by atoms with Crippen molar-refractivity contribution >= 4 is 132 Å². The lowest BCUT2D eigenvalue weighted by Crippen LogP contribution is -2.16.